The highest BCUT2D eigenvalue weighted by Gasteiger charge is 2.16. The third-order valence-corrected chi connectivity index (χ3v) is 3.22. The number of rotatable bonds is 4. The first kappa shape index (κ1) is 13.0. The summed E-state index contributed by atoms with van der Waals surface area (Å²) < 4.78 is 1.65. The molecule has 0 aliphatic heterocycles. The van der Waals surface area contributed by atoms with E-state index in [0.717, 1.165) is 11.9 Å². The largest absolute Gasteiger partial charge is 0.342 e. The van der Waals surface area contributed by atoms with Gasteiger partial charge in [-0.3, -0.25) is 9.78 Å². The zero-order chi connectivity index (χ0) is 13.1. The Morgan fingerprint density at radius 3 is 3.06 bits per heavy atom. The van der Waals surface area contributed by atoms with Crippen molar-refractivity contribution >= 4 is 27.4 Å². The Morgan fingerprint density at radius 1 is 1.56 bits per heavy atom. The minimum atomic E-state index is -0.0221. The summed E-state index contributed by atoms with van der Waals surface area (Å²) >= 11 is 3.48. The van der Waals surface area contributed by atoms with E-state index in [-0.39, 0.29) is 5.91 Å². The Balaban J connectivity index is 2.18. The normalized spacial score (nSPS) is 12.6. The Morgan fingerprint density at radius 2 is 2.33 bits per heavy atom. The molecular weight excluding hydrogens is 296 g/mol. The van der Waals surface area contributed by atoms with E-state index in [4.69, 9.17) is 0 Å². The Hall–Kier alpha value is -1.43. The van der Waals surface area contributed by atoms with Crippen molar-refractivity contribution in [1.82, 2.24) is 19.5 Å². The topological polar surface area (TPSA) is 50.5 Å². The molecule has 0 N–H and O–H groups in total. The van der Waals surface area contributed by atoms with Gasteiger partial charge in [-0.25, -0.2) is 4.52 Å². The summed E-state index contributed by atoms with van der Waals surface area (Å²) in [6.07, 6.45) is 7.53. The summed E-state index contributed by atoms with van der Waals surface area (Å²) in [7, 11) is 1.80. The highest BCUT2D eigenvalue weighted by Crippen LogP contribution is 2.12. The first-order valence-electron chi connectivity index (χ1n) is 5.76. The number of hydrogen-bond acceptors (Lipinski definition) is 3. The van der Waals surface area contributed by atoms with Crippen LogP contribution in [0, 0.1) is 0 Å². The predicted octanol–water partition coefficient (Wildman–Crippen LogP) is 1.97. The molecule has 0 radical (unpaired) electrons. The first-order chi connectivity index (χ1) is 8.59. The average Bonchev–Trinajstić information content (AvgIpc) is 2.78. The van der Waals surface area contributed by atoms with Crippen LogP contribution in [-0.2, 0) is 0 Å². The minimum Gasteiger partial charge on any atom is -0.342 e. The number of carbonyl (C=O) groups excluding carboxylic acids is 1. The van der Waals surface area contributed by atoms with Gasteiger partial charge < -0.3 is 4.90 Å². The third-order valence-electron chi connectivity index (χ3n) is 2.76. The van der Waals surface area contributed by atoms with Gasteiger partial charge in [-0.1, -0.05) is 22.9 Å². The second kappa shape index (κ2) is 5.48. The first-order valence-corrected chi connectivity index (χ1v) is 6.68. The molecule has 1 amide bonds. The lowest BCUT2D eigenvalue weighted by Crippen LogP contribution is -2.28. The van der Waals surface area contributed by atoms with Gasteiger partial charge in [-0.15, -0.1) is 0 Å². The van der Waals surface area contributed by atoms with Crippen molar-refractivity contribution in [2.45, 2.75) is 18.2 Å². The number of nitrogens with zero attached hydrogens (tertiary/aromatic N) is 4. The third kappa shape index (κ3) is 2.69. The van der Waals surface area contributed by atoms with E-state index < -0.39 is 0 Å². The standard InChI is InChI=1S/C12H15BrN4O/c1-9(13)3-5-16(2)12(18)10-7-15-17-6-4-14-8-11(10)17/h4,6-9H,3,5H2,1-2H3. The van der Waals surface area contributed by atoms with Gasteiger partial charge >= 0.3 is 0 Å². The van der Waals surface area contributed by atoms with Gasteiger partial charge in [-0.05, 0) is 6.42 Å². The number of amides is 1. The number of aromatic nitrogens is 3. The zero-order valence-corrected chi connectivity index (χ0v) is 12.0. The second-order valence-electron chi connectivity index (χ2n) is 4.26. The van der Waals surface area contributed by atoms with Crippen molar-refractivity contribution in [2.24, 2.45) is 0 Å². The van der Waals surface area contributed by atoms with Crippen molar-refractivity contribution < 1.29 is 4.79 Å². The molecule has 5 nitrogen and oxygen atoms in total. The van der Waals surface area contributed by atoms with Crippen molar-refractivity contribution in [2.75, 3.05) is 13.6 Å². The number of carbonyl (C=O) groups is 1. The van der Waals surface area contributed by atoms with Crippen LogP contribution in [0.4, 0.5) is 0 Å². The maximum absolute atomic E-state index is 12.3. The van der Waals surface area contributed by atoms with E-state index in [1.165, 1.54) is 0 Å². The molecule has 18 heavy (non-hydrogen) atoms. The van der Waals surface area contributed by atoms with Crippen molar-refractivity contribution in [1.29, 1.82) is 0 Å². The average molecular weight is 311 g/mol. The van der Waals surface area contributed by atoms with Gasteiger partial charge in [-0.2, -0.15) is 5.10 Å². The fourth-order valence-electron chi connectivity index (χ4n) is 1.68. The molecular formula is C12H15BrN4O. The van der Waals surface area contributed by atoms with E-state index >= 15 is 0 Å². The van der Waals surface area contributed by atoms with Crippen LogP contribution < -0.4 is 0 Å². The highest BCUT2D eigenvalue weighted by atomic mass is 79.9. The number of hydrogen-bond donors (Lipinski definition) is 0. The summed E-state index contributed by atoms with van der Waals surface area (Å²) in [5, 5.41) is 4.14. The minimum absolute atomic E-state index is 0.0221. The SMILES string of the molecule is CC(Br)CCN(C)C(=O)c1cnn2ccncc12. The molecule has 6 heteroatoms. The second-order valence-corrected chi connectivity index (χ2v) is 5.82. The molecule has 2 aromatic heterocycles. The predicted molar refractivity (Wildman–Crippen MR) is 73.0 cm³/mol. The Kier molecular flexibility index (Phi) is 3.96. The molecule has 0 saturated heterocycles. The summed E-state index contributed by atoms with van der Waals surface area (Å²) in [6, 6.07) is 0. The van der Waals surface area contributed by atoms with E-state index in [2.05, 4.69) is 32.9 Å². The molecule has 0 aromatic carbocycles. The maximum atomic E-state index is 12.3. The summed E-state index contributed by atoms with van der Waals surface area (Å²) in [5.41, 5.74) is 1.33. The monoisotopic (exact) mass is 310 g/mol. The summed E-state index contributed by atoms with van der Waals surface area (Å²) in [6.45, 7) is 2.78. The number of fused-ring (bicyclic) bond motifs is 1. The summed E-state index contributed by atoms with van der Waals surface area (Å²) in [4.78, 5) is 18.4. The molecule has 0 spiro atoms. The molecule has 2 heterocycles. The smallest absolute Gasteiger partial charge is 0.257 e. The fraction of sp³-hybridized carbons (Fsp3) is 0.417. The van der Waals surface area contributed by atoms with Crippen LogP contribution in [0.25, 0.3) is 5.52 Å². The van der Waals surface area contributed by atoms with Crippen LogP contribution in [0.3, 0.4) is 0 Å². The van der Waals surface area contributed by atoms with Crippen LogP contribution in [-0.4, -0.2) is 43.8 Å². The number of alkyl halides is 1. The molecule has 2 rings (SSSR count). The van der Waals surface area contributed by atoms with E-state index in [1.54, 1.807) is 41.3 Å². The van der Waals surface area contributed by atoms with E-state index in [1.807, 2.05) is 0 Å². The molecule has 0 bridgehead atoms. The van der Waals surface area contributed by atoms with Gasteiger partial charge in [0, 0.05) is 30.8 Å². The van der Waals surface area contributed by atoms with Crippen LogP contribution in [0.1, 0.15) is 23.7 Å². The van der Waals surface area contributed by atoms with Gasteiger partial charge in [0.1, 0.15) is 0 Å². The molecule has 0 fully saturated rings. The lowest BCUT2D eigenvalue weighted by molar-refractivity contribution is 0.0796. The summed E-state index contributed by atoms with van der Waals surface area (Å²) in [5.74, 6) is -0.0221. The molecule has 0 saturated carbocycles. The van der Waals surface area contributed by atoms with Crippen LogP contribution in [0.15, 0.2) is 24.8 Å². The molecule has 0 aliphatic carbocycles. The van der Waals surface area contributed by atoms with E-state index in [0.29, 0.717) is 16.9 Å². The number of halogens is 1. The fourth-order valence-corrected chi connectivity index (χ4v) is 1.88. The van der Waals surface area contributed by atoms with Crippen LogP contribution >= 0.6 is 15.9 Å². The van der Waals surface area contributed by atoms with Crippen LogP contribution in [0.5, 0.6) is 0 Å². The van der Waals surface area contributed by atoms with Gasteiger partial charge in [0.25, 0.3) is 5.91 Å². The lowest BCUT2D eigenvalue weighted by atomic mass is 10.2. The van der Waals surface area contributed by atoms with Crippen molar-refractivity contribution in [3.05, 3.63) is 30.4 Å². The quantitative estimate of drug-likeness (QED) is 0.811. The van der Waals surface area contributed by atoms with E-state index in [9.17, 15) is 4.79 Å². The zero-order valence-electron chi connectivity index (χ0n) is 10.4. The molecule has 1 unspecified atom stereocenters. The Labute approximate surface area is 114 Å². The van der Waals surface area contributed by atoms with Crippen LogP contribution in [0.2, 0.25) is 0 Å². The molecule has 1 atom stereocenters. The molecule has 2 aromatic rings. The Bertz CT molecular complexity index is 552. The van der Waals surface area contributed by atoms with Crippen molar-refractivity contribution in [3.63, 3.8) is 0 Å². The van der Waals surface area contributed by atoms with Crippen molar-refractivity contribution in [3.8, 4) is 0 Å². The highest BCUT2D eigenvalue weighted by molar-refractivity contribution is 9.09. The molecule has 0 aliphatic rings. The van der Waals surface area contributed by atoms with Gasteiger partial charge in [0.05, 0.1) is 23.5 Å². The molecule has 96 valence electrons. The van der Waals surface area contributed by atoms with Gasteiger partial charge in [0.15, 0.2) is 0 Å². The maximum Gasteiger partial charge on any atom is 0.257 e. The lowest BCUT2D eigenvalue weighted by Gasteiger charge is -2.17. The van der Waals surface area contributed by atoms with Gasteiger partial charge in [0.2, 0.25) is 0 Å².